The summed E-state index contributed by atoms with van der Waals surface area (Å²) in [6.45, 7) is 6.46. The Labute approximate surface area is 342 Å². The molecule has 6 aromatic carbocycles. The van der Waals surface area contributed by atoms with Crippen LogP contribution < -0.4 is 4.74 Å². The van der Waals surface area contributed by atoms with Crippen LogP contribution in [0, 0.1) is 32.9 Å². The number of pyridine rings is 3. The van der Waals surface area contributed by atoms with Crippen molar-refractivity contribution < 1.29 is 25.2 Å². The number of hydrogen-bond donors (Lipinski definition) is 0. The Balaban J connectivity index is 0.00000396. The normalized spacial score (nSPS) is 11.6. The number of nitrogens with zero attached hydrogens (tertiary/aromatic N) is 5. The summed E-state index contributed by atoms with van der Waals surface area (Å²) >= 11 is 0. The third-order valence-electron chi connectivity index (χ3n) is 10.9. The molecule has 5 heterocycles. The van der Waals surface area contributed by atoms with E-state index in [2.05, 4.69) is 145 Å². The van der Waals surface area contributed by atoms with Crippen LogP contribution in [0.1, 0.15) is 16.7 Å². The van der Waals surface area contributed by atoms with Crippen molar-refractivity contribution in [2.75, 3.05) is 0 Å². The van der Waals surface area contributed by atoms with E-state index in [9.17, 15) is 0 Å². The third kappa shape index (κ3) is 5.46. The first-order valence-corrected chi connectivity index (χ1v) is 18.8. The van der Waals surface area contributed by atoms with E-state index in [0.29, 0.717) is 11.5 Å². The van der Waals surface area contributed by atoms with Gasteiger partial charge in [0, 0.05) is 40.5 Å². The van der Waals surface area contributed by atoms with Gasteiger partial charge in [-0.25, -0.2) is 4.98 Å². The maximum atomic E-state index is 6.66. The number of rotatable bonds is 5. The monoisotopic (exact) mass is 825 g/mol. The van der Waals surface area contributed by atoms with Crippen molar-refractivity contribution in [3.8, 4) is 45.3 Å². The fraction of sp³-hybridized carbons (Fsp3) is 0.0600. The molecule has 0 unspecified atom stereocenters. The van der Waals surface area contributed by atoms with Gasteiger partial charge < -0.3 is 13.5 Å². The second-order valence-electron chi connectivity index (χ2n) is 14.5. The maximum Gasteiger partial charge on any atom is 2.00 e. The van der Waals surface area contributed by atoms with Gasteiger partial charge in [-0.1, -0.05) is 148 Å². The minimum Gasteiger partial charge on any atom is -0.497 e. The van der Waals surface area contributed by atoms with Gasteiger partial charge in [-0.05, 0) is 60.4 Å². The second-order valence-corrected chi connectivity index (χ2v) is 14.5. The molecule has 6 nitrogen and oxygen atoms in total. The van der Waals surface area contributed by atoms with Gasteiger partial charge >= 0.3 is 20.4 Å². The molecule has 0 atom stereocenters. The van der Waals surface area contributed by atoms with Crippen LogP contribution in [0.5, 0.6) is 11.5 Å². The summed E-state index contributed by atoms with van der Waals surface area (Å²) in [6.07, 6.45) is 3.80. The number of imidazole rings is 2. The zero-order valence-electron chi connectivity index (χ0n) is 31.3. The zero-order valence-corrected chi connectivity index (χ0v) is 32.9. The van der Waals surface area contributed by atoms with Crippen molar-refractivity contribution in [1.82, 2.24) is 23.8 Å². The van der Waals surface area contributed by atoms with Crippen molar-refractivity contribution >= 4 is 54.8 Å². The standard InChI is InChI=1S/C50H33N5O.Pd/c1-30-25-31(2)45(32(3)26-30)44-29-52-49-41-27-35(21-23-38(41)40-18-12-24-51-48(40)55(44)49)56-36-20-22-37-39-17-10-11-19-43(39)54-47(34-15-8-5-9-16-34)46(33-13-6-4-7-14-33)53-50(54)42(37)28-36;/h4-26,29H,1-3H3;/q-2;+2. The van der Waals surface area contributed by atoms with Crippen molar-refractivity contribution in [3.63, 3.8) is 0 Å². The second kappa shape index (κ2) is 13.5. The van der Waals surface area contributed by atoms with Gasteiger partial charge in [0.15, 0.2) is 0 Å². The Hall–Kier alpha value is -6.65. The molecule has 7 heteroatoms. The number of para-hydroxylation sites is 1. The quantitative estimate of drug-likeness (QED) is 0.0985. The summed E-state index contributed by atoms with van der Waals surface area (Å²) in [7, 11) is 0. The fourth-order valence-electron chi connectivity index (χ4n) is 8.66. The van der Waals surface area contributed by atoms with Gasteiger partial charge in [0.2, 0.25) is 0 Å². The van der Waals surface area contributed by atoms with Crippen LogP contribution >= 0.6 is 0 Å². The summed E-state index contributed by atoms with van der Waals surface area (Å²) in [4.78, 5) is 15.3. The number of hydrogen-bond acceptors (Lipinski definition) is 4. The first kappa shape index (κ1) is 34.8. The van der Waals surface area contributed by atoms with Gasteiger partial charge in [0.1, 0.15) is 5.65 Å². The number of ether oxygens (including phenoxy) is 1. The Bertz CT molecular complexity index is 3350. The predicted molar refractivity (Wildman–Crippen MR) is 226 cm³/mol. The van der Waals surface area contributed by atoms with E-state index in [1.807, 2.05) is 42.7 Å². The summed E-state index contributed by atoms with van der Waals surface area (Å²) in [5.74, 6) is 1.14. The topological polar surface area (TPSA) is 56.7 Å². The molecule has 274 valence electrons. The van der Waals surface area contributed by atoms with E-state index in [0.717, 1.165) is 88.5 Å². The van der Waals surface area contributed by atoms with E-state index >= 15 is 0 Å². The first-order valence-electron chi connectivity index (χ1n) is 18.8. The summed E-state index contributed by atoms with van der Waals surface area (Å²) in [5.41, 5.74) is 13.4. The molecule has 0 fully saturated rings. The van der Waals surface area contributed by atoms with Crippen LogP contribution in [0.15, 0.2) is 146 Å². The SMILES string of the molecule is Cc1cc(C)c(-c2cnc3c4[c-]c(Oc5[c-]c6c(cc5)c5ccccc5n5c(-c7ccccc7)c(-c7ccccc7)nc65)ccc4c4cccnc4n23)c(C)c1.[Pd+2]. The van der Waals surface area contributed by atoms with E-state index < -0.39 is 0 Å². The zero-order chi connectivity index (χ0) is 37.5. The molecule has 0 N–H and O–H groups in total. The van der Waals surface area contributed by atoms with Crippen LogP contribution in [0.3, 0.4) is 0 Å². The molecule has 0 aliphatic heterocycles. The number of aryl methyl sites for hydroxylation is 3. The Morgan fingerprint density at radius 3 is 1.88 bits per heavy atom. The molecule has 0 aliphatic carbocycles. The number of fused-ring (bicyclic) bond motifs is 12. The minimum absolute atomic E-state index is 0. The molecule has 0 aliphatic rings. The number of aromatic nitrogens is 5. The van der Waals surface area contributed by atoms with Crippen LogP contribution in [-0.2, 0) is 20.4 Å². The van der Waals surface area contributed by atoms with E-state index in [-0.39, 0.29) is 20.4 Å². The molecule has 0 saturated carbocycles. The first-order chi connectivity index (χ1) is 27.5. The minimum atomic E-state index is 0. The molecule has 0 radical (unpaired) electrons. The van der Waals surface area contributed by atoms with Gasteiger partial charge in [-0.15, -0.1) is 12.1 Å². The molecule has 0 spiro atoms. The summed E-state index contributed by atoms with van der Waals surface area (Å²) < 4.78 is 11.1. The maximum absolute atomic E-state index is 6.66. The Kier molecular flexibility index (Phi) is 8.26. The fourth-order valence-corrected chi connectivity index (χ4v) is 8.66. The number of benzene rings is 6. The molecule has 5 aromatic heterocycles. The third-order valence-corrected chi connectivity index (χ3v) is 10.9. The van der Waals surface area contributed by atoms with Gasteiger partial charge in [0.25, 0.3) is 0 Å². The average Bonchev–Trinajstić information content (AvgIpc) is 3.85. The van der Waals surface area contributed by atoms with Crippen molar-refractivity contribution in [2.24, 2.45) is 0 Å². The van der Waals surface area contributed by atoms with Gasteiger partial charge in [-0.3, -0.25) is 9.97 Å². The molecular weight excluding hydrogens is 793 g/mol. The van der Waals surface area contributed by atoms with Crippen LogP contribution in [0.4, 0.5) is 0 Å². The smallest absolute Gasteiger partial charge is 0.497 e. The molecular formula is C50H33N5OPd. The van der Waals surface area contributed by atoms with Crippen molar-refractivity contribution in [1.29, 1.82) is 0 Å². The average molecular weight is 826 g/mol. The molecule has 0 saturated heterocycles. The molecule has 11 rings (SSSR count). The van der Waals surface area contributed by atoms with Gasteiger partial charge in [0.05, 0.1) is 28.4 Å². The Morgan fingerprint density at radius 1 is 0.544 bits per heavy atom. The van der Waals surface area contributed by atoms with Crippen LogP contribution in [0.25, 0.3) is 88.5 Å². The Morgan fingerprint density at radius 2 is 1.16 bits per heavy atom. The van der Waals surface area contributed by atoms with Crippen LogP contribution in [-0.4, -0.2) is 23.8 Å². The predicted octanol–water partition coefficient (Wildman–Crippen LogP) is 12.3. The summed E-state index contributed by atoms with van der Waals surface area (Å²) in [5, 5.41) is 5.94. The largest absolute Gasteiger partial charge is 2.00 e. The van der Waals surface area contributed by atoms with E-state index in [4.69, 9.17) is 19.7 Å². The van der Waals surface area contributed by atoms with Crippen molar-refractivity contribution in [2.45, 2.75) is 20.8 Å². The van der Waals surface area contributed by atoms with Gasteiger partial charge in [-0.2, -0.15) is 0 Å². The molecule has 0 bridgehead atoms. The molecule has 0 amide bonds. The van der Waals surface area contributed by atoms with E-state index in [1.54, 1.807) is 0 Å². The van der Waals surface area contributed by atoms with Crippen LogP contribution in [0.2, 0.25) is 0 Å². The van der Waals surface area contributed by atoms with E-state index in [1.165, 1.54) is 16.7 Å². The van der Waals surface area contributed by atoms with Crippen molar-refractivity contribution in [3.05, 3.63) is 175 Å². The molecule has 11 aromatic rings. The molecule has 57 heavy (non-hydrogen) atoms. The summed E-state index contributed by atoms with van der Waals surface area (Å²) in [6, 6.07) is 53.4.